The van der Waals surface area contributed by atoms with Crippen molar-refractivity contribution in [3.05, 3.63) is 54.1 Å². The van der Waals surface area contributed by atoms with Gasteiger partial charge in [0.25, 0.3) is 0 Å². The number of primary amides is 1. The minimum Gasteiger partial charge on any atom is -0.494 e. The molecule has 4 nitrogen and oxygen atoms in total. The molecule has 1 aromatic heterocycles. The molecule has 0 atom stereocenters. The second-order valence-corrected chi connectivity index (χ2v) is 4.77. The number of H-pyrrole nitrogens is 1. The lowest BCUT2D eigenvalue weighted by Gasteiger charge is -2.03. The van der Waals surface area contributed by atoms with E-state index in [4.69, 9.17) is 10.5 Å². The van der Waals surface area contributed by atoms with Gasteiger partial charge >= 0.3 is 0 Å². The molecule has 0 saturated carbocycles. The van der Waals surface area contributed by atoms with Crippen molar-refractivity contribution in [2.24, 2.45) is 5.73 Å². The summed E-state index contributed by atoms with van der Waals surface area (Å²) < 4.78 is 5.43. The van der Waals surface area contributed by atoms with Gasteiger partial charge in [0.05, 0.1) is 6.61 Å². The molecule has 0 aliphatic carbocycles. The summed E-state index contributed by atoms with van der Waals surface area (Å²) in [5.74, 6) is 0.424. The molecule has 1 heterocycles. The average Bonchev–Trinajstić information content (AvgIpc) is 2.92. The normalized spacial score (nSPS) is 10.7. The number of nitrogens with one attached hydrogen (secondary N) is 1. The number of hydrogen-bond acceptors (Lipinski definition) is 2. The van der Waals surface area contributed by atoms with Crippen LogP contribution in [0.5, 0.6) is 5.75 Å². The monoisotopic (exact) mass is 280 g/mol. The minimum atomic E-state index is -0.419. The Kier molecular flexibility index (Phi) is 3.36. The zero-order valence-corrected chi connectivity index (χ0v) is 11.7. The largest absolute Gasteiger partial charge is 0.494 e. The third kappa shape index (κ3) is 2.48. The molecule has 3 aromatic rings. The van der Waals surface area contributed by atoms with Crippen LogP contribution in [0, 0.1) is 0 Å². The van der Waals surface area contributed by atoms with Gasteiger partial charge in [0, 0.05) is 22.2 Å². The number of aromatic amines is 1. The number of aromatic nitrogens is 1. The molecule has 0 aliphatic heterocycles. The van der Waals surface area contributed by atoms with Crippen molar-refractivity contribution >= 4 is 16.8 Å². The van der Waals surface area contributed by atoms with Crippen molar-refractivity contribution in [3.63, 3.8) is 0 Å². The Bertz CT molecular complexity index is 788. The number of fused-ring (bicyclic) bond motifs is 1. The molecule has 106 valence electrons. The first kappa shape index (κ1) is 13.2. The van der Waals surface area contributed by atoms with Gasteiger partial charge in [-0.3, -0.25) is 4.79 Å². The second kappa shape index (κ2) is 5.32. The first-order chi connectivity index (χ1) is 10.2. The third-order valence-corrected chi connectivity index (χ3v) is 3.41. The zero-order valence-electron chi connectivity index (χ0n) is 11.7. The van der Waals surface area contributed by atoms with Crippen LogP contribution in [0.1, 0.15) is 17.3 Å². The molecule has 2 aromatic carbocycles. The Labute approximate surface area is 122 Å². The number of carbonyl (C=O) groups excluding carboxylic acids is 1. The molecule has 0 fully saturated rings. The smallest absolute Gasteiger partial charge is 0.249 e. The summed E-state index contributed by atoms with van der Waals surface area (Å²) in [6.07, 6.45) is 0. The van der Waals surface area contributed by atoms with Crippen molar-refractivity contribution < 1.29 is 9.53 Å². The Morgan fingerprint density at radius 2 is 1.95 bits per heavy atom. The molecule has 0 aliphatic rings. The predicted octanol–water partition coefficient (Wildman–Crippen LogP) is 3.33. The zero-order chi connectivity index (χ0) is 14.8. The van der Waals surface area contributed by atoms with Crippen LogP contribution in [0.25, 0.3) is 22.2 Å². The highest BCUT2D eigenvalue weighted by atomic mass is 16.5. The number of hydrogen-bond donors (Lipinski definition) is 2. The lowest BCUT2D eigenvalue weighted by Crippen LogP contribution is -2.10. The predicted molar refractivity (Wildman–Crippen MR) is 83.4 cm³/mol. The van der Waals surface area contributed by atoms with Crippen molar-refractivity contribution in [1.82, 2.24) is 4.98 Å². The molecule has 1 amide bonds. The van der Waals surface area contributed by atoms with Gasteiger partial charge in [-0.1, -0.05) is 6.07 Å². The van der Waals surface area contributed by atoms with Gasteiger partial charge in [-0.05, 0) is 55.0 Å². The van der Waals surface area contributed by atoms with Crippen LogP contribution in [0.4, 0.5) is 0 Å². The molecular weight excluding hydrogens is 264 g/mol. The Morgan fingerprint density at radius 1 is 1.19 bits per heavy atom. The van der Waals surface area contributed by atoms with Crippen LogP contribution < -0.4 is 10.5 Å². The SMILES string of the molecule is CCOc1ccc(-c2cc3c(C(N)=O)cccc3[nH]2)cc1. The van der Waals surface area contributed by atoms with Crippen LogP contribution in [-0.2, 0) is 0 Å². The maximum atomic E-state index is 11.5. The van der Waals surface area contributed by atoms with E-state index < -0.39 is 5.91 Å². The number of ether oxygens (including phenoxy) is 1. The van der Waals surface area contributed by atoms with Crippen molar-refractivity contribution in [2.45, 2.75) is 6.92 Å². The van der Waals surface area contributed by atoms with E-state index in [0.717, 1.165) is 27.9 Å². The van der Waals surface area contributed by atoms with Gasteiger partial charge in [0.1, 0.15) is 5.75 Å². The summed E-state index contributed by atoms with van der Waals surface area (Å²) in [4.78, 5) is 14.8. The molecule has 0 radical (unpaired) electrons. The van der Waals surface area contributed by atoms with E-state index in [1.807, 2.05) is 49.4 Å². The molecule has 21 heavy (non-hydrogen) atoms. The maximum Gasteiger partial charge on any atom is 0.249 e. The van der Waals surface area contributed by atoms with Gasteiger partial charge < -0.3 is 15.5 Å². The number of rotatable bonds is 4. The lowest BCUT2D eigenvalue weighted by molar-refractivity contribution is 0.100. The van der Waals surface area contributed by atoms with Crippen LogP contribution in [0.3, 0.4) is 0 Å². The van der Waals surface area contributed by atoms with Gasteiger partial charge in [0.15, 0.2) is 0 Å². The molecule has 4 heteroatoms. The third-order valence-electron chi connectivity index (χ3n) is 3.41. The summed E-state index contributed by atoms with van der Waals surface area (Å²) in [6, 6.07) is 15.3. The fraction of sp³-hybridized carbons (Fsp3) is 0.118. The van der Waals surface area contributed by atoms with Crippen molar-refractivity contribution in [3.8, 4) is 17.0 Å². The number of carbonyl (C=O) groups is 1. The van der Waals surface area contributed by atoms with Crippen LogP contribution in [-0.4, -0.2) is 17.5 Å². The number of nitrogens with two attached hydrogens (primary N) is 1. The molecule has 3 N–H and O–H groups in total. The van der Waals surface area contributed by atoms with E-state index >= 15 is 0 Å². The quantitative estimate of drug-likeness (QED) is 0.769. The first-order valence-electron chi connectivity index (χ1n) is 6.84. The molecule has 0 bridgehead atoms. The first-order valence-corrected chi connectivity index (χ1v) is 6.84. The summed E-state index contributed by atoms with van der Waals surface area (Å²) in [5, 5.41) is 0.842. The Morgan fingerprint density at radius 3 is 2.62 bits per heavy atom. The highest BCUT2D eigenvalue weighted by molar-refractivity contribution is 6.06. The summed E-state index contributed by atoms with van der Waals surface area (Å²) >= 11 is 0. The van der Waals surface area contributed by atoms with Gasteiger partial charge in [-0.25, -0.2) is 0 Å². The van der Waals surface area contributed by atoms with Gasteiger partial charge in [-0.15, -0.1) is 0 Å². The molecule has 3 rings (SSSR count). The number of amides is 1. The highest BCUT2D eigenvalue weighted by Gasteiger charge is 2.10. The van der Waals surface area contributed by atoms with E-state index in [0.29, 0.717) is 12.2 Å². The van der Waals surface area contributed by atoms with Crippen molar-refractivity contribution in [1.29, 1.82) is 0 Å². The highest BCUT2D eigenvalue weighted by Crippen LogP contribution is 2.27. The fourth-order valence-electron chi connectivity index (χ4n) is 2.42. The maximum absolute atomic E-state index is 11.5. The summed E-state index contributed by atoms with van der Waals surface area (Å²) in [7, 11) is 0. The summed E-state index contributed by atoms with van der Waals surface area (Å²) in [5.41, 5.74) is 8.82. The fourth-order valence-corrected chi connectivity index (χ4v) is 2.42. The topological polar surface area (TPSA) is 68.1 Å². The molecular formula is C17H16N2O2. The molecule has 0 spiro atoms. The standard InChI is InChI=1S/C17H16N2O2/c1-2-21-12-8-6-11(7-9-12)16-10-14-13(17(18)20)4-3-5-15(14)19-16/h3-10,19H,2H2,1H3,(H2,18,20). The minimum absolute atomic E-state index is 0.419. The van der Waals surface area contributed by atoms with Crippen LogP contribution in [0.15, 0.2) is 48.5 Å². The number of benzene rings is 2. The lowest BCUT2D eigenvalue weighted by atomic mass is 10.1. The average molecular weight is 280 g/mol. The summed E-state index contributed by atoms with van der Waals surface area (Å²) in [6.45, 7) is 2.60. The second-order valence-electron chi connectivity index (χ2n) is 4.77. The van der Waals surface area contributed by atoms with E-state index in [2.05, 4.69) is 4.98 Å². The van der Waals surface area contributed by atoms with Crippen LogP contribution >= 0.6 is 0 Å². The van der Waals surface area contributed by atoms with E-state index in [1.165, 1.54) is 0 Å². The van der Waals surface area contributed by atoms with Gasteiger partial charge in [-0.2, -0.15) is 0 Å². The van der Waals surface area contributed by atoms with E-state index in [1.54, 1.807) is 6.07 Å². The molecule has 0 saturated heterocycles. The van der Waals surface area contributed by atoms with Crippen molar-refractivity contribution in [2.75, 3.05) is 6.61 Å². The van der Waals surface area contributed by atoms with Gasteiger partial charge in [0.2, 0.25) is 5.91 Å². The molecule has 0 unspecified atom stereocenters. The Hall–Kier alpha value is -2.75. The Balaban J connectivity index is 2.04. The van der Waals surface area contributed by atoms with E-state index in [-0.39, 0.29) is 0 Å². The van der Waals surface area contributed by atoms with E-state index in [9.17, 15) is 4.79 Å². The van der Waals surface area contributed by atoms with Crippen LogP contribution in [0.2, 0.25) is 0 Å².